The Morgan fingerprint density at radius 3 is 2.65 bits per heavy atom. The van der Waals surface area contributed by atoms with Gasteiger partial charge < -0.3 is 14.6 Å². The number of hydrogen-bond donors (Lipinski definition) is 1. The van der Waals surface area contributed by atoms with Gasteiger partial charge in [-0.2, -0.15) is 4.98 Å². The monoisotopic (exact) mass is 233 g/mol. The Hall–Kier alpha value is -1.88. The van der Waals surface area contributed by atoms with Gasteiger partial charge in [-0.15, -0.1) is 0 Å². The molecule has 5 nitrogen and oxygen atoms in total. The highest BCUT2D eigenvalue weighted by Crippen LogP contribution is 2.13. The molecule has 0 amide bonds. The molecule has 1 aromatic carbocycles. The standard InChI is InChI=1S/C12H15N3O2/c1-9-14-12(15-17-9)8-16-11-5-3-10(4-6-11)7-13-2/h3-6,13H,7-8H2,1-2H3. The van der Waals surface area contributed by atoms with Gasteiger partial charge in [-0.3, -0.25) is 0 Å². The van der Waals surface area contributed by atoms with E-state index in [9.17, 15) is 0 Å². The van der Waals surface area contributed by atoms with Crippen LogP contribution in [0.25, 0.3) is 0 Å². The van der Waals surface area contributed by atoms with Crippen molar-refractivity contribution < 1.29 is 9.26 Å². The second kappa shape index (κ2) is 5.45. The van der Waals surface area contributed by atoms with Crippen LogP contribution in [0.4, 0.5) is 0 Å². The molecule has 90 valence electrons. The molecule has 0 aliphatic heterocycles. The number of nitrogens with one attached hydrogen (secondary N) is 1. The molecule has 1 heterocycles. The predicted octanol–water partition coefficient (Wildman–Crippen LogP) is 1.68. The Morgan fingerprint density at radius 2 is 2.06 bits per heavy atom. The van der Waals surface area contributed by atoms with Crippen LogP contribution in [-0.4, -0.2) is 17.2 Å². The normalized spacial score (nSPS) is 10.5. The number of benzene rings is 1. The first kappa shape index (κ1) is 11.6. The van der Waals surface area contributed by atoms with E-state index >= 15 is 0 Å². The summed E-state index contributed by atoms with van der Waals surface area (Å²) in [6.07, 6.45) is 0. The summed E-state index contributed by atoms with van der Waals surface area (Å²) in [4.78, 5) is 4.06. The van der Waals surface area contributed by atoms with Gasteiger partial charge in [-0.05, 0) is 24.7 Å². The summed E-state index contributed by atoms with van der Waals surface area (Å²) in [7, 11) is 1.92. The van der Waals surface area contributed by atoms with E-state index in [1.165, 1.54) is 5.56 Å². The van der Waals surface area contributed by atoms with Gasteiger partial charge in [0.05, 0.1) is 0 Å². The molecule has 0 atom stereocenters. The largest absolute Gasteiger partial charge is 0.485 e. The van der Waals surface area contributed by atoms with Gasteiger partial charge >= 0.3 is 0 Å². The lowest BCUT2D eigenvalue weighted by Gasteiger charge is -2.04. The second-order valence-corrected chi connectivity index (χ2v) is 3.69. The Labute approximate surface area is 99.8 Å². The van der Waals surface area contributed by atoms with Crippen LogP contribution in [0.5, 0.6) is 5.75 Å². The van der Waals surface area contributed by atoms with Crippen LogP contribution < -0.4 is 10.1 Å². The van der Waals surface area contributed by atoms with Crippen molar-refractivity contribution >= 4 is 0 Å². The van der Waals surface area contributed by atoms with Gasteiger partial charge in [-0.1, -0.05) is 17.3 Å². The van der Waals surface area contributed by atoms with Gasteiger partial charge in [0.1, 0.15) is 5.75 Å². The van der Waals surface area contributed by atoms with E-state index in [1.807, 2.05) is 31.3 Å². The minimum Gasteiger partial charge on any atom is -0.485 e. The van der Waals surface area contributed by atoms with E-state index in [0.29, 0.717) is 18.3 Å². The van der Waals surface area contributed by atoms with Gasteiger partial charge in [0.25, 0.3) is 0 Å². The van der Waals surface area contributed by atoms with E-state index in [-0.39, 0.29) is 0 Å². The first-order valence-corrected chi connectivity index (χ1v) is 5.43. The van der Waals surface area contributed by atoms with E-state index < -0.39 is 0 Å². The van der Waals surface area contributed by atoms with Crippen LogP contribution in [0.15, 0.2) is 28.8 Å². The van der Waals surface area contributed by atoms with Crippen molar-refractivity contribution in [2.45, 2.75) is 20.1 Å². The molecule has 1 N–H and O–H groups in total. The highest BCUT2D eigenvalue weighted by Gasteiger charge is 2.02. The number of rotatable bonds is 5. The predicted molar refractivity (Wildman–Crippen MR) is 62.6 cm³/mol. The summed E-state index contributed by atoms with van der Waals surface area (Å²) >= 11 is 0. The lowest BCUT2D eigenvalue weighted by atomic mass is 10.2. The molecule has 17 heavy (non-hydrogen) atoms. The number of ether oxygens (including phenoxy) is 1. The molecule has 0 saturated heterocycles. The van der Waals surface area contributed by atoms with Crippen LogP contribution in [0, 0.1) is 6.92 Å². The van der Waals surface area contributed by atoms with Crippen molar-refractivity contribution in [1.29, 1.82) is 0 Å². The SMILES string of the molecule is CNCc1ccc(OCc2noc(C)n2)cc1. The number of aryl methyl sites for hydroxylation is 1. The summed E-state index contributed by atoms with van der Waals surface area (Å²) in [5.41, 5.74) is 1.22. The van der Waals surface area contributed by atoms with E-state index in [2.05, 4.69) is 15.5 Å². The molecule has 5 heteroatoms. The Morgan fingerprint density at radius 1 is 1.29 bits per heavy atom. The molecule has 0 radical (unpaired) electrons. The number of nitrogens with zero attached hydrogens (tertiary/aromatic N) is 2. The molecular weight excluding hydrogens is 218 g/mol. The van der Waals surface area contributed by atoms with Crippen LogP contribution in [0.3, 0.4) is 0 Å². The smallest absolute Gasteiger partial charge is 0.223 e. The third kappa shape index (κ3) is 3.29. The van der Waals surface area contributed by atoms with Crippen molar-refractivity contribution in [1.82, 2.24) is 15.5 Å². The molecule has 2 aromatic rings. The maximum atomic E-state index is 5.53. The van der Waals surface area contributed by atoms with Crippen molar-refractivity contribution in [3.63, 3.8) is 0 Å². The molecular formula is C12H15N3O2. The van der Waals surface area contributed by atoms with Gasteiger partial charge in [0.2, 0.25) is 11.7 Å². The highest BCUT2D eigenvalue weighted by atomic mass is 16.5. The molecule has 1 aromatic heterocycles. The molecule has 0 fully saturated rings. The van der Waals surface area contributed by atoms with Gasteiger partial charge in [0.15, 0.2) is 6.61 Å². The summed E-state index contributed by atoms with van der Waals surface area (Å²) in [6, 6.07) is 7.90. The molecule has 0 aliphatic rings. The van der Waals surface area contributed by atoms with E-state index in [0.717, 1.165) is 12.3 Å². The highest BCUT2D eigenvalue weighted by molar-refractivity contribution is 5.27. The Bertz CT molecular complexity index is 465. The fourth-order valence-electron chi connectivity index (χ4n) is 1.46. The zero-order valence-electron chi connectivity index (χ0n) is 9.93. The van der Waals surface area contributed by atoms with Crippen LogP contribution in [0.2, 0.25) is 0 Å². The second-order valence-electron chi connectivity index (χ2n) is 3.69. The topological polar surface area (TPSA) is 60.2 Å². The lowest BCUT2D eigenvalue weighted by Crippen LogP contribution is -2.04. The maximum absolute atomic E-state index is 5.53. The zero-order chi connectivity index (χ0) is 12.1. The Balaban J connectivity index is 1.90. The van der Waals surface area contributed by atoms with Crippen molar-refractivity contribution in [2.24, 2.45) is 0 Å². The van der Waals surface area contributed by atoms with Crippen LogP contribution >= 0.6 is 0 Å². The summed E-state index contributed by atoms with van der Waals surface area (Å²) in [5, 5.41) is 6.85. The van der Waals surface area contributed by atoms with E-state index in [1.54, 1.807) is 6.92 Å². The molecule has 0 spiro atoms. The van der Waals surface area contributed by atoms with Crippen molar-refractivity contribution in [3.05, 3.63) is 41.5 Å². The third-order valence-electron chi connectivity index (χ3n) is 2.24. The number of aromatic nitrogens is 2. The zero-order valence-corrected chi connectivity index (χ0v) is 9.93. The lowest BCUT2D eigenvalue weighted by molar-refractivity contribution is 0.285. The summed E-state index contributed by atoms with van der Waals surface area (Å²) in [5.74, 6) is 1.90. The molecule has 0 unspecified atom stereocenters. The van der Waals surface area contributed by atoms with Gasteiger partial charge in [0, 0.05) is 13.5 Å². The molecule has 2 rings (SSSR count). The average Bonchev–Trinajstić information content (AvgIpc) is 2.75. The van der Waals surface area contributed by atoms with Crippen LogP contribution in [-0.2, 0) is 13.2 Å². The van der Waals surface area contributed by atoms with E-state index in [4.69, 9.17) is 9.26 Å². The molecule has 0 saturated carbocycles. The molecule has 0 aliphatic carbocycles. The fraction of sp³-hybridized carbons (Fsp3) is 0.333. The summed E-state index contributed by atoms with van der Waals surface area (Å²) in [6.45, 7) is 2.93. The number of hydrogen-bond acceptors (Lipinski definition) is 5. The minimum atomic E-state index is 0.322. The molecule has 0 bridgehead atoms. The average molecular weight is 233 g/mol. The third-order valence-corrected chi connectivity index (χ3v) is 2.24. The quantitative estimate of drug-likeness (QED) is 0.851. The van der Waals surface area contributed by atoms with Crippen molar-refractivity contribution in [3.8, 4) is 5.75 Å². The summed E-state index contributed by atoms with van der Waals surface area (Å²) < 4.78 is 10.4. The fourth-order valence-corrected chi connectivity index (χ4v) is 1.46. The van der Waals surface area contributed by atoms with Crippen molar-refractivity contribution in [2.75, 3.05) is 7.05 Å². The Kier molecular flexibility index (Phi) is 3.72. The van der Waals surface area contributed by atoms with Crippen LogP contribution in [0.1, 0.15) is 17.3 Å². The minimum absolute atomic E-state index is 0.322. The van der Waals surface area contributed by atoms with Gasteiger partial charge in [-0.25, -0.2) is 0 Å². The first-order valence-electron chi connectivity index (χ1n) is 5.43. The maximum Gasteiger partial charge on any atom is 0.223 e. The first-order chi connectivity index (χ1) is 8.28.